The maximum atomic E-state index is 14.1. The molecule has 1 aliphatic rings. The summed E-state index contributed by atoms with van der Waals surface area (Å²) in [6.45, 7) is 4.24. The molecule has 0 aliphatic carbocycles. The van der Waals surface area contributed by atoms with Crippen LogP contribution in [0.25, 0.3) is 16.9 Å². The van der Waals surface area contributed by atoms with Crippen molar-refractivity contribution in [3.05, 3.63) is 66.6 Å². The maximum absolute atomic E-state index is 14.1. The molecule has 1 aromatic heterocycles. The highest BCUT2D eigenvalue weighted by Gasteiger charge is 2.15. The van der Waals surface area contributed by atoms with E-state index in [1.165, 1.54) is 11.8 Å². The van der Waals surface area contributed by atoms with Crippen LogP contribution in [0.3, 0.4) is 0 Å². The van der Waals surface area contributed by atoms with Crippen LogP contribution in [0.2, 0.25) is 0 Å². The van der Waals surface area contributed by atoms with Gasteiger partial charge in [-0.2, -0.15) is 5.10 Å². The molecule has 0 bridgehead atoms. The third-order valence-electron chi connectivity index (χ3n) is 4.76. The summed E-state index contributed by atoms with van der Waals surface area (Å²) in [6, 6.07) is 17.0. The van der Waals surface area contributed by atoms with E-state index in [-0.39, 0.29) is 5.82 Å². The van der Waals surface area contributed by atoms with Crippen LogP contribution in [0.4, 0.5) is 10.1 Å². The van der Waals surface area contributed by atoms with Crippen LogP contribution in [0, 0.1) is 5.82 Å². The first kappa shape index (κ1) is 15.8. The van der Waals surface area contributed by atoms with E-state index in [1.807, 2.05) is 24.3 Å². The van der Waals surface area contributed by atoms with Crippen LogP contribution in [0.1, 0.15) is 0 Å². The lowest BCUT2D eigenvalue weighted by Gasteiger charge is -2.34. The summed E-state index contributed by atoms with van der Waals surface area (Å²) in [7, 11) is 2.16. The molecule has 0 radical (unpaired) electrons. The van der Waals surface area contributed by atoms with E-state index in [0.717, 1.165) is 37.6 Å². The molecule has 2 heterocycles. The molecule has 0 saturated carbocycles. The fourth-order valence-electron chi connectivity index (χ4n) is 3.25. The molecule has 4 nitrogen and oxygen atoms in total. The zero-order valence-electron chi connectivity index (χ0n) is 14.3. The average Bonchev–Trinajstić information content (AvgIpc) is 3.12. The van der Waals surface area contributed by atoms with E-state index < -0.39 is 0 Å². The first-order chi connectivity index (χ1) is 12.2. The first-order valence-corrected chi connectivity index (χ1v) is 8.55. The lowest BCUT2D eigenvalue weighted by atomic mass is 10.1. The standard InChI is InChI=1S/C20H21FN4/c1-23-12-14-24(15-13-23)16-6-8-17(9-7-16)25-20(10-11-22-25)18-4-2-3-5-19(18)21/h2-11H,12-15H2,1H3. The molecule has 25 heavy (non-hydrogen) atoms. The van der Waals surface area contributed by atoms with Gasteiger partial charge in [-0.3, -0.25) is 0 Å². The number of nitrogens with zero attached hydrogens (tertiary/aromatic N) is 4. The molecule has 1 aliphatic heterocycles. The second kappa shape index (κ2) is 6.69. The van der Waals surface area contributed by atoms with Crippen LogP contribution in [-0.4, -0.2) is 47.9 Å². The normalized spacial score (nSPS) is 15.5. The number of likely N-dealkylation sites (N-methyl/N-ethyl adjacent to an activating group) is 1. The van der Waals surface area contributed by atoms with Gasteiger partial charge in [0.05, 0.1) is 17.6 Å². The largest absolute Gasteiger partial charge is 0.369 e. The third-order valence-corrected chi connectivity index (χ3v) is 4.76. The molecule has 0 atom stereocenters. The van der Waals surface area contributed by atoms with E-state index in [1.54, 1.807) is 23.0 Å². The zero-order valence-corrected chi connectivity index (χ0v) is 14.3. The van der Waals surface area contributed by atoms with E-state index in [9.17, 15) is 4.39 Å². The summed E-state index contributed by atoms with van der Waals surface area (Å²) in [6.07, 6.45) is 1.70. The molecule has 1 fully saturated rings. The molecule has 3 aromatic rings. The molecular weight excluding hydrogens is 315 g/mol. The van der Waals surface area contributed by atoms with Crippen molar-refractivity contribution in [2.45, 2.75) is 0 Å². The Bertz CT molecular complexity index is 848. The van der Waals surface area contributed by atoms with Crippen LogP contribution in [0.5, 0.6) is 0 Å². The van der Waals surface area contributed by atoms with Gasteiger partial charge in [0.2, 0.25) is 0 Å². The second-order valence-electron chi connectivity index (χ2n) is 6.41. The van der Waals surface area contributed by atoms with Crippen LogP contribution in [-0.2, 0) is 0 Å². The summed E-state index contributed by atoms with van der Waals surface area (Å²) < 4.78 is 15.9. The van der Waals surface area contributed by atoms with E-state index >= 15 is 0 Å². The minimum absolute atomic E-state index is 0.238. The number of hydrogen-bond acceptors (Lipinski definition) is 3. The van der Waals surface area contributed by atoms with E-state index in [2.05, 4.69) is 34.1 Å². The SMILES string of the molecule is CN1CCN(c2ccc(-n3nccc3-c3ccccc3F)cc2)CC1. The summed E-state index contributed by atoms with van der Waals surface area (Å²) in [5.74, 6) is -0.238. The first-order valence-electron chi connectivity index (χ1n) is 8.55. The highest BCUT2D eigenvalue weighted by atomic mass is 19.1. The number of piperazine rings is 1. The van der Waals surface area contributed by atoms with Gasteiger partial charge >= 0.3 is 0 Å². The Morgan fingerprint density at radius 1 is 0.840 bits per heavy atom. The Balaban J connectivity index is 1.62. The second-order valence-corrected chi connectivity index (χ2v) is 6.41. The van der Waals surface area contributed by atoms with Crippen molar-refractivity contribution >= 4 is 5.69 Å². The third kappa shape index (κ3) is 3.15. The summed E-state index contributed by atoms with van der Waals surface area (Å²) in [5.41, 5.74) is 3.46. The molecule has 0 amide bonds. The van der Waals surface area contributed by atoms with Crippen LogP contribution < -0.4 is 4.90 Å². The minimum atomic E-state index is -0.238. The predicted octanol–water partition coefficient (Wildman–Crippen LogP) is 3.43. The van der Waals surface area contributed by atoms with Crippen molar-refractivity contribution in [3.63, 3.8) is 0 Å². The molecule has 0 N–H and O–H groups in total. The Kier molecular flexibility index (Phi) is 4.24. The van der Waals surface area contributed by atoms with Gasteiger partial charge in [-0.15, -0.1) is 0 Å². The minimum Gasteiger partial charge on any atom is -0.369 e. The molecule has 5 heteroatoms. The van der Waals surface area contributed by atoms with Gasteiger partial charge in [0.1, 0.15) is 5.82 Å². The molecule has 2 aromatic carbocycles. The number of rotatable bonds is 3. The summed E-state index contributed by atoms with van der Waals surface area (Å²) in [5, 5.41) is 4.39. The van der Waals surface area contributed by atoms with Crippen molar-refractivity contribution in [3.8, 4) is 16.9 Å². The van der Waals surface area contributed by atoms with Crippen LogP contribution in [0.15, 0.2) is 60.8 Å². The van der Waals surface area contributed by atoms with Gasteiger partial charge < -0.3 is 9.80 Å². The number of anilines is 1. The Morgan fingerprint density at radius 2 is 1.52 bits per heavy atom. The lowest BCUT2D eigenvalue weighted by molar-refractivity contribution is 0.313. The fourth-order valence-corrected chi connectivity index (χ4v) is 3.25. The number of aromatic nitrogens is 2. The fraction of sp³-hybridized carbons (Fsp3) is 0.250. The Morgan fingerprint density at radius 3 is 2.24 bits per heavy atom. The number of halogens is 1. The summed E-state index contributed by atoms with van der Waals surface area (Å²) >= 11 is 0. The molecule has 128 valence electrons. The Hall–Kier alpha value is -2.66. The van der Waals surface area contributed by atoms with Gasteiger partial charge in [-0.05, 0) is 49.5 Å². The van der Waals surface area contributed by atoms with E-state index in [4.69, 9.17) is 0 Å². The number of benzene rings is 2. The molecule has 4 rings (SSSR count). The van der Waals surface area contributed by atoms with Crippen molar-refractivity contribution in [2.75, 3.05) is 38.1 Å². The maximum Gasteiger partial charge on any atom is 0.132 e. The highest BCUT2D eigenvalue weighted by Crippen LogP contribution is 2.26. The van der Waals surface area contributed by atoms with E-state index in [0.29, 0.717) is 5.56 Å². The van der Waals surface area contributed by atoms with Gasteiger partial charge in [-0.1, -0.05) is 12.1 Å². The Labute approximate surface area is 147 Å². The van der Waals surface area contributed by atoms with Crippen molar-refractivity contribution in [1.82, 2.24) is 14.7 Å². The quantitative estimate of drug-likeness (QED) is 0.732. The smallest absolute Gasteiger partial charge is 0.132 e. The van der Waals surface area contributed by atoms with Gasteiger partial charge in [0.15, 0.2) is 0 Å². The van der Waals surface area contributed by atoms with Gasteiger partial charge in [0.25, 0.3) is 0 Å². The van der Waals surface area contributed by atoms with Crippen LogP contribution >= 0.6 is 0 Å². The lowest BCUT2D eigenvalue weighted by Crippen LogP contribution is -2.44. The monoisotopic (exact) mass is 336 g/mol. The number of hydrogen-bond donors (Lipinski definition) is 0. The highest BCUT2D eigenvalue weighted by molar-refractivity contribution is 5.63. The zero-order chi connectivity index (χ0) is 17.2. The van der Waals surface area contributed by atoms with Crippen molar-refractivity contribution < 1.29 is 4.39 Å². The average molecular weight is 336 g/mol. The molecule has 1 saturated heterocycles. The molecule has 0 spiro atoms. The summed E-state index contributed by atoms with van der Waals surface area (Å²) in [4.78, 5) is 4.74. The molecule has 0 unspecified atom stereocenters. The van der Waals surface area contributed by atoms with Gasteiger partial charge in [-0.25, -0.2) is 9.07 Å². The predicted molar refractivity (Wildman–Crippen MR) is 98.7 cm³/mol. The van der Waals surface area contributed by atoms with Crippen molar-refractivity contribution in [2.24, 2.45) is 0 Å². The van der Waals surface area contributed by atoms with Crippen molar-refractivity contribution in [1.29, 1.82) is 0 Å². The molecular formula is C20H21FN4. The topological polar surface area (TPSA) is 24.3 Å². The van der Waals surface area contributed by atoms with Gasteiger partial charge in [0, 0.05) is 37.4 Å².